The van der Waals surface area contributed by atoms with E-state index >= 15 is 0 Å². The first-order chi connectivity index (χ1) is 14.8. The van der Waals surface area contributed by atoms with E-state index in [1.54, 1.807) is 33.4 Å². The van der Waals surface area contributed by atoms with Crippen LogP contribution in [0.5, 0.6) is 0 Å². The zero-order valence-corrected chi connectivity index (χ0v) is 30.5. The van der Waals surface area contributed by atoms with Gasteiger partial charge >= 0.3 is 219 Å². The van der Waals surface area contributed by atoms with Crippen molar-refractivity contribution in [2.24, 2.45) is 0 Å². The van der Waals surface area contributed by atoms with Gasteiger partial charge < -0.3 is 0 Å². The average molecular weight is 821 g/mol. The Bertz CT molecular complexity index is 808. The predicted octanol–water partition coefficient (Wildman–Crippen LogP) is 7.70. The molecule has 32 heavy (non-hydrogen) atoms. The zero-order chi connectivity index (χ0) is 24.3. The Morgan fingerprint density at radius 1 is 0.375 bits per heavy atom. The van der Waals surface area contributed by atoms with E-state index in [0.29, 0.717) is 35.5 Å². The van der Waals surface area contributed by atoms with Gasteiger partial charge in [-0.05, 0) is 0 Å². The summed E-state index contributed by atoms with van der Waals surface area (Å²) in [4.78, 5) is 0. The van der Waals surface area contributed by atoms with E-state index in [-0.39, 0.29) is 0 Å². The number of rotatable bonds is 8. The van der Waals surface area contributed by atoms with Gasteiger partial charge in [0.05, 0.1) is 0 Å². The molecule has 0 N–H and O–H groups in total. The van der Waals surface area contributed by atoms with Crippen LogP contribution in [0.1, 0.15) is 152 Å². The van der Waals surface area contributed by atoms with Gasteiger partial charge in [-0.25, -0.2) is 0 Å². The van der Waals surface area contributed by atoms with Gasteiger partial charge in [0.1, 0.15) is 0 Å². The second-order valence-electron chi connectivity index (χ2n) is 11.3. The van der Waals surface area contributed by atoms with Gasteiger partial charge in [-0.3, -0.25) is 0 Å². The molecule has 0 unspecified atom stereocenters. The zero-order valence-electron chi connectivity index (χ0n) is 22.8. The number of benzene rings is 2. The van der Waals surface area contributed by atoms with Crippen molar-refractivity contribution in [3.05, 3.63) is 57.6 Å². The summed E-state index contributed by atoms with van der Waals surface area (Å²) in [6.45, 7) is 28.7. The standard InChI is InChI=1S/2C15H23.2Pb/c2*1-10(2)13-7-14(11(3)4)9-15(8-13)12(5)6;;/h2*7-8,10-12H,1-6H3;;. The van der Waals surface area contributed by atoms with E-state index in [2.05, 4.69) is 107 Å². The summed E-state index contributed by atoms with van der Waals surface area (Å²) in [7, 11) is 0. The maximum absolute atomic E-state index is 2.58. The van der Waals surface area contributed by atoms with Crippen molar-refractivity contribution in [1.29, 1.82) is 0 Å². The molecule has 0 spiro atoms. The molecule has 0 atom stereocenters. The predicted molar refractivity (Wildman–Crippen MR) is 148 cm³/mol. The molecule has 2 aromatic carbocycles. The summed E-state index contributed by atoms with van der Waals surface area (Å²) in [6, 6.07) is 10.3. The Hall–Kier alpha value is 0.284. The number of hydrogen-bond donors (Lipinski definition) is 0. The third-order valence-corrected chi connectivity index (χ3v) is 34.8. The molecule has 0 aliphatic carbocycles. The summed E-state index contributed by atoms with van der Waals surface area (Å²) in [6.07, 6.45) is 0. The number of hydrogen-bond acceptors (Lipinski definition) is 0. The summed E-state index contributed by atoms with van der Waals surface area (Å²) >= 11 is -1.73. The third kappa shape index (κ3) is 6.91. The molecule has 2 radical (unpaired) electrons. The van der Waals surface area contributed by atoms with E-state index in [1.165, 1.54) is 0 Å². The van der Waals surface area contributed by atoms with Crippen LogP contribution in [0.3, 0.4) is 0 Å². The molecular formula is C30H46Pb2. The molecule has 0 amide bonds. The van der Waals surface area contributed by atoms with Crippen LogP contribution in [-0.4, -0.2) is 36.7 Å². The van der Waals surface area contributed by atoms with Crippen molar-refractivity contribution >= 4 is 42.9 Å². The van der Waals surface area contributed by atoms with Crippen LogP contribution in [-0.2, 0) is 0 Å². The Morgan fingerprint density at radius 2 is 0.594 bits per heavy atom. The van der Waals surface area contributed by atoms with Crippen LogP contribution < -0.4 is 6.25 Å². The molecule has 0 bridgehead atoms. The fraction of sp³-hybridized carbons (Fsp3) is 0.600. The van der Waals surface area contributed by atoms with Gasteiger partial charge in [-0.1, -0.05) is 0 Å². The average Bonchev–Trinajstić information content (AvgIpc) is 2.70. The van der Waals surface area contributed by atoms with Crippen molar-refractivity contribution in [1.82, 2.24) is 0 Å². The molecule has 2 aromatic rings. The molecule has 0 saturated heterocycles. The Morgan fingerprint density at radius 3 is 0.750 bits per heavy atom. The topological polar surface area (TPSA) is 0 Å². The van der Waals surface area contributed by atoms with Gasteiger partial charge in [0.15, 0.2) is 0 Å². The van der Waals surface area contributed by atoms with Gasteiger partial charge in [0, 0.05) is 0 Å². The Labute approximate surface area is 217 Å². The van der Waals surface area contributed by atoms with E-state index in [1.807, 2.05) is 6.25 Å². The molecule has 0 fully saturated rings. The summed E-state index contributed by atoms with van der Waals surface area (Å²) < 4.78 is 3.78. The van der Waals surface area contributed by atoms with Crippen LogP contribution in [0.2, 0.25) is 0 Å². The van der Waals surface area contributed by atoms with Gasteiger partial charge in [-0.15, -0.1) is 0 Å². The minimum atomic E-state index is -0.866. The minimum absolute atomic E-state index is 0.609. The van der Waals surface area contributed by atoms with Crippen molar-refractivity contribution in [2.45, 2.75) is 119 Å². The van der Waals surface area contributed by atoms with Gasteiger partial charge in [-0.2, -0.15) is 0 Å². The van der Waals surface area contributed by atoms with Crippen molar-refractivity contribution in [3.8, 4) is 0 Å². The van der Waals surface area contributed by atoms with Crippen LogP contribution in [0.25, 0.3) is 0 Å². The molecular weight excluding hydrogens is 775 g/mol. The first-order valence-electron chi connectivity index (χ1n) is 12.7. The van der Waals surface area contributed by atoms with Crippen LogP contribution in [0, 0.1) is 0 Å². The summed E-state index contributed by atoms with van der Waals surface area (Å²) in [5, 5.41) is 0. The van der Waals surface area contributed by atoms with E-state index < -0.39 is 36.7 Å². The fourth-order valence-electron chi connectivity index (χ4n) is 4.33. The molecule has 174 valence electrons. The van der Waals surface area contributed by atoms with Crippen LogP contribution >= 0.6 is 0 Å². The molecule has 2 heteroatoms. The first kappa shape index (κ1) is 28.5. The van der Waals surface area contributed by atoms with E-state index in [9.17, 15) is 0 Å². The fourth-order valence-corrected chi connectivity index (χ4v) is 41.4. The molecule has 2 rings (SSSR count). The second-order valence-corrected chi connectivity index (χ2v) is 34.2. The quantitative estimate of drug-likeness (QED) is 0.240. The molecule has 0 aliphatic heterocycles. The second kappa shape index (κ2) is 12.3. The SMILES string of the molecule is CC(C)c1cc(C(C)C)[c]([Pb]=[Pb][c]2c(C(C)C)cc(C(C)C)cc2C(C)C)c(C(C)C)c1. The maximum atomic E-state index is 2.58. The van der Waals surface area contributed by atoms with Crippen LogP contribution in [0.15, 0.2) is 24.3 Å². The molecule has 0 nitrogen and oxygen atoms in total. The normalized spacial score (nSPS) is 12.7. The van der Waals surface area contributed by atoms with Crippen molar-refractivity contribution in [2.75, 3.05) is 0 Å². The van der Waals surface area contributed by atoms with Gasteiger partial charge in [0.25, 0.3) is 0 Å². The van der Waals surface area contributed by atoms with Crippen LogP contribution in [0.4, 0.5) is 0 Å². The van der Waals surface area contributed by atoms with Gasteiger partial charge in [0.2, 0.25) is 0 Å². The molecule has 0 heterocycles. The van der Waals surface area contributed by atoms with E-state index in [4.69, 9.17) is 0 Å². The molecule has 0 saturated carbocycles. The summed E-state index contributed by atoms with van der Waals surface area (Å²) in [5.41, 5.74) is 9.90. The third-order valence-electron chi connectivity index (χ3n) is 6.58. The Kier molecular flexibility index (Phi) is 11.0. The molecule has 0 aliphatic rings. The molecule has 0 aromatic heterocycles. The van der Waals surface area contributed by atoms with E-state index in [0.717, 1.165) is 0 Å². The van der Waals surface area contributed by atoms with Crippen molar-refractivity contribution in [3.63, 3.8) is 0 Å². The monoisotopic (exact) mass is 822 g/mol. The van der Waals surface area contributed by atoms with Crippen molar-refractivity contribution < 1.29 is 0 Å². The Balaban J connectivity index is 2.79. The first-order valence-corrected chi connectivity index (χ1v) is 35.6. The summed E-state index contributed by atoms with van der Waals surface area (Å²) in [5.74, 6) is 3.76.